The monoisotopic (exact) mass is 583 g/mol. The van der Waals surface area contributed by atoms with E-state index in [2.05, 4.69) is 47.1 Å². The maximum absolute atomic E-state index is 12.8. The van der Waals surface area contributed by atoms with Crippen LogP contribution < -0.4 is 16.8 Å². The second kappa shape index (κ2) is 10.7. The number of carbonyl (C=O) groups is 1. The Morgan fingerprint density at radius 1 is 0.905 bits per heavy atom. The number of nitrogens with zero attached hydrogens (tertiary/aromatic N) is 8. The number of nitrogen functional groups attached to an aromatic ring is 2. The number of nitrogens with two attached hydrogens (primary N) is 2. The molecule has 1 amide bonds. The zero-order valence-electron chi connectivity index (χ0n) is 21.5. The minimum atomic E-state index is -1.59. The first-order valence-electron chi connectivity index (χ1n) is 12.5. The highest BCUT2D eigenvalue weighted by Crippen LogP contribution is 2.34. The third-order valence-corrected chi connectivity index (χ3v) is 6.99. The zero-order chi connectivity index (χ0) is 29.7. The smallest absolute Gasteiger partial charge is 0.252 e. The van der Waals surface area contributed by atoms with E-state index in [-0.39, 0.29) is 46.3 Å². The molecule has 2 aliphatic heterocycles. The van der Waals surface area contributed by atoms with Crippen molar-refractivity contribution in [1.29, 1.82) is 0 Å². The van der Waals surface area contributed by atoms with Crippen molar-refractivity contribution in [3.63, 3.8) is 0 Å². The molecule has 2 aliphatic rings. The lowest BCUT2D eigenvalue weighted by atomic mass is 10.1. The van der Waals surface area contributed by atoms with Crippen molar-refractivity contribution < 1.29 is 39.8 Å². The quantitative estimate of drug-likeness (QED) is 0.103. The summed E-state index contributed by atoms with van der Waals surface area (Å²) in [5.41, 5.74) is 12.5. The third-order valence-electron chi connectivity index (χ3n) is 6.99. The first kappa shape index (κ1) is 27.6. The summed E-state index contributed by atoms with van der Waals surface area (Å²) in [7, 11) is 0. The van der Waals surface area contributed by atoms with E-state index in [1.165, 1.54) is 28.1 Å². The van der Waals surface area contributed by atoms with E-state index < -0.39 is 61.6 Å². The molecular weight excluding hydrogens is 558 g/mol. The summed E-state index contributed by atoms with van der Waals surface area (Å²) in [5, 5.41) is 53.9. The van der Waals surface area contributed by atoms with Gasteiger partial charge < -0.3 is 51.8 Å². The van der Waals surface area contributed by atoms with E-state index in [1.807, 2.05) is 0 Å². The maximum atomic E-state index is 12.8. The van der Waals surface area contributed by atoms with Gasteiger partial charge in [-0.15, -0.1) is 0 Å². The zero-order valence-corrected chi connectivity index (χ0v) is 21.5. The number of anilines is 2. The Morgan fingerprint density at radius 3 is 2.31 bits per heavy atom. The number of nitrogens with one attached hydrogen (secondary N) is 1. The first-order chi connectivity index (χ1) is 20.2. The van der Waals surface area contributed by atoms with Crippen molar-refractivity contribution in [3.8, 4) is 11.8 Å². The molecule has 19 nitrogen and oxygen atoms in total. The number of imidazole rings is 2. The van der Waals surface area contributed by atoms with Gasteiger partial charge in [-0.05, 0) is 5.92 Å². The molecule has 4 aromatic rings. The third kappa shape index (κ3) is 4.43. The number of hydrogen-bond donors (Lipinski definition) is 8. The summed E-state index contributed by atoms with van der Waals surface area (Å²) in [4.78, 5) is 37.2. The van der Waals surface area contributed by atoms with Crippen LogP contribution in [-0.2, 0) is 14.3 Å². The Balaban J connectivity index is 1.19. The average molecular weight is 584 g/mol. The van der Waals surface area contributed by atoms with Crippen LogP contribution in [0.5, 0.6) is 0 Å². The van der Waals surface area contributed by atoms with Crippen LogP contribution in [-0.4, -0.2) is 120 Å². The fourth-order valence-corrected chi connectivity index (χ4v) is 4.87. The molecule has 10 N–H and O–H groups in total. The van der Waals surface area contributed by atoms with Crippen LogP contribution in [0.15, 0.2) is 19.0 Å². The summed E-state index contributed by atoms with van der Waals surface area (Å²) < 4.78 is 13.9. The summed E-state index contributed by atoms with van der Waals surface area (Å²) in [6.45, 7) is -0.792. The number of carbonyl (C=O) groups excluding carboxylic acids is 1. The number of aliphatic hydroxyl groups excluding tert-OH is 5. The molecule has 6 heterocycles. The Labute approximate surface area is 234 Å². The van der Waals surface area contributed by atoms with Crippen LogP contribution in [0.4, 0.5) is 11.6 Å². The van der Waals surface area contributed by atoms with E-state index >= 15 is 0 Å². The number of hydrogen-bond acceptors (Lipinski definition) is 16. The van der Waals surface area contributed by atoms with Crippen molar-refractivity contribution in [2.75, 3.05) is 24.6 Å². The maximum Gasteiger partial charge on any atom is 0.252 e. The van der Waals surface area contributed by atoms with Crippen LogP contribution in [0, 0.1) is 11.8 Å². The van der Waals surface area contributed by atoms with Crippen LogP contribution in [0.1, 0.15) is 18.3 Å². The summed E-state index contributed by atoms with van der Waals surface area (Å²) >= 11 is 0. The molecule has 0 aliphatic carbocycles. The fourth-order valence-electron chi connectivity index (χ4n) is 4.87. The number of rotatable bonds is 5. The molecule has 6 rings (SSSR count). The van der Waals surface area contributed by atoms with Gasteiger partial charge in [0.1, 0.15) is 48.7 Å². The largest absolute Gasteiger partial charge is 0.394 e. The predicted molar refractivity (Wildman–Crippen MR) is 138 cm³/mol. The second-order valence-corrected chi connectivity index (χ2v) is 9.50. The Bertz CT molecular complexity index is 1720. The van der Waals surface area contributed by atoms with Crippen molar-refractivity contribution in [2.24, 2.45) is 0 Å². The molecule has 0 spiro atoms. The molecule has 0 radical (unpaired) electrons. The molecule has 0 saturated carbocycles. The topological polar surface area (TPSA) is 288 Å². The lowest BCUT2D eigenvalue weighted by molar-refractivity contribution is -0.137. The van der Waals surface area contributed by atoms with Gasteiger partial charge in [-0.3, -0.25) is 13.9 Å². The molecule has 0 bridgehead atoms. The van der Waals surface area contributed by atoms with Crippen LogP contribution in [0.3, 0.4) is 0 Å². The summed E-state index contributed by atoms with van der Waals surface area (Å²) in [5.74, 6) is 4.83. The van der Waals surface area contributed by atoms with Gasteiger partial charge in [0, 0.05) is 0 Å². The molecule has 2 unspecified atom stereocenters. The van der Waals surface area contributed by atoms with Crippen molar-refractivity contribution in [1.82, 2.24) is 44.4 Å². The highest BCUT2D eigenvalue weighted by molar-refractivity contribution is 5.84. The van der Waals surface area contributed by atoms with E-state index in [9.17, 15) is 30.3 Å². The Morgan fingerprint density at radius 2 is 1.60 bits per heavy atom. The van der Waals surface area contributed by atoms with Crippen molar-refractivity contribution >= 4 is 39.9 Å². The lowest BCUT2D eigenvalue weighted by Gasteiger charge is -2.17. The summed E-state index contributed by atoms with van der Waals surface area (Å²) in [6, 6.07) is 0. The minimum Gasteiger partial charge on any atom is -0.394 e. The van der Waals surface area contributed by atoms with Gasteiger partial charge in [0.15, 0.2) is 52.8 Å². The Hall–Kier alpha value is -4.55. The standard InChI is InChI=1S/C23H25N11O8/c24-17-10-19(29-5-27-17)33(7-31-10)22-15(39)13(37)16(42-22)21(40)26-3-1-2-9-32-11-18(25)28-6-30-20(11)34(9)23-14(38)12(36)8(4-35)41-23/h5-8,12-16,22-23,35-39H,3-4H2,(H,26,40)(H2,24,27,29)(H2,25,28,30)/t8-,12?,13?,14+,15+,16+,22-,23-/m1/s1. The first-order valence-corrected chi connectivity index (χ1v) is 12.5. The molecule has 4 aromatic heterocycles. The van der Waals surface area contributed by atoms with Gasteiger partial charge in [-0.2, -0.15) is 0 Å². The predicted octanol–water partition coefficient (Wildman–Crippen LogP) is -4.47. The lowest BCUT2D eigenvalue weighted by Crippen LogP contribution is -2.42. The highest BCUT2D eigenvalue weighted by atomic mass is 16.6. The molecule has 8 atom stereocenters. The molecule has 2 saturated heterocycles. The second-order valence-electron chi connectivity index (χ2n) is 9.50. The average Bonchev–Trinajstić information content (AvgIpc) is 3.72. The molecule has 19 heteroatoms. The van der Waals surface area contributed by atoms with E-state index in [0.717, 1.165) is 0 Å². The van der Waals surface area contributed by atoms with E-state index in [0.29, 0.717) is 0 Å². The molecular formula is C23H25N11O8. The number of amides is 1. The molecule has 2 fully saturated rings. The number of aromatic nitrogens is 8. The van der Waals surface area contributed by atoms with Crippen LogP contribution >= 0.6 is 0 Å². The molecule has 220 valence electrons. The number of fused-ring (bicyclic) bond motifs is 2. The van der Waals surface area contributed by atoms with Crippen molar-refractivity contribution in [3.05, 3.63) is 24.8 Å². The van der Waals surface area contributed by atoms with Gasteiger partial charge in [0.05, 0.1) is 19.5 Å². The van der Waals surface area contributed by atoms with E-state index in [4.69, 9.17) is 20.9 Å². The van der Waals surface area contributed by atoms with Gasteiger partial charge >= 0.3 is 0 Å². The fraction of sp³-hybridized carbons (Fsp3) is 0.435. The van der Waals surface area contributed by atoms with Gasteiger partial charge in [-0.25, -0.2) is 29.9 Å². The number of aliphatic hydroxyl groups is 5. The Kier molecular flexibility index (Phi) is 7.03. The van der Waals surface area contributed by atoms with Crippen LogP contribution in [0.2, 0.25) is 0 Å². The number of ether oxygens (including phenoxy) is 2. The molecule has 42 heavy (non-hydrogen) atoms. The summed E-state index contributed by atoms with van der Waals surface area (Å²) in [6.07, 6.45) is -7.16. The van der Waals surface area contributed by atoms with Gasteiger partial charge in [0.2, 0.25) is 0 Å². The van der Waals surface area contributed by atoms with Gasteiger partial charge in [0.25, 0.3) is 5.91 Å². The van der Waals surface area contributed by atoms with Crippen LogP contribution in [0.25, 0.3) is 22.3 Å². The highest BCUT2D eigenvalue weighted by Gasteiger charge is 2.48. The van der Waals surface area contributed by atoms with Crippen molar-refractivity contribution in [2.45, 2.75) is 49.1 Å². The van der Waals surface area contributed by atoms with Gasteiger partial charge in [-0.1, -0.05) is 5.92 Å². The minimum absolute atomic E-state index is 0.0159. The molecule has 0 aromatic carbocycles. The van der Waals surface area contributed by atoms with E-state index in [1.54, 1.807) is 0 Å². The SMILES string of the molecule is Nc1ncnc2c1ncn2[C@@H]1O[C@H](C(=O)NCC#Cc2nc3c(N)ncnc3n2[C@@H]2O[C@H](CO)C(O)[C@@H]2O)C(O)[C@@H]1O. The normalized spacial score (nSPS) is 29.2.